The SMILES string of the molecule is C=Cc1ccc(O)c(/C=C(\C)C(=O)OC)c1. The standard InChI is InChI=1S/C13H14O3/c1-4-10-5-6-12(14)11(8-10)7-9(2)13(15)16-3/h4-8,14H,1H2,2-3H3/b9-7+. The van der Waals surface area contributed by atoms with Gasteiger partial charge in [-0.2, -0.15) is 0 Å². The van der Waals surface area contributed by atoms with E-state index in [-0.39, 0.29) is 5.75 Å². The first kappa shape index (κ1) is 12.0. The number of carbonyl (C=O) groups excluding carboxylic acids is 1. The van der Waals surface area contributed by atoms with Crippen LogP contribution in [0.2, 0.25) is 0 Å². The first-order chi connectivity index (χ1) is 7.58. The van der Waals surface area contributed by atoms with Crippen LogP contribution in [0.1, 0.15) is 18.1 Å². The lowest BCUT2D eigenvalue weighted by atomic mass is 10.1. The average Bonchev–Trinajstić information content (AvgIpc) is 2.30. The molecule has 16 heavy (non-hydrogen) atoms. The average molecular weight is 218 g/mol. The van der Waals surface area contributed by atoms with Gasteiger partial charge in [-0.3, -0.25) is 0 Å². The van der Waals surface area contributed by atoms with Gasteiger partial charge in [-0.15, -0.1) is 0 Å². The molecule has 1 rings (SSSR count). The Kier molecular flexibility index (Phi) is 3.89. The van der Waals surface area contributed by atoms with Crippen molar-refractivity contribution in [1.29, 1.82) is 0 Å². The summed E-state index contributed by atoms with van der Waals surface area (Å²) in [6.45, 7) is 5.27. The zero-order valence-corrected chi connectivity index (χ0v) is 9.36. The summed E-state index contributed by atoms with van der Waals surface area (Å²) >= 11 is 0. The summed E-state index contributed by atoms with van der Waals surface area (Å²) in [6, 6.07) is 5.05. The van der Waals surface area contributed by atoms with Crippen LogP contribution in [-0.2, 0) is 9.53 Å². The molecule has 0 saturated heterocycles. The lowest BCUT2D eigenvalue weighted by Crippen LogP contribution is -2.01. The van der Waals surface area contributed by atoms with Gasteiger partial charge < -0.3 is 9.84 Å². The molecule has 0 aliphatic carbocycles. The molecular formula is C13H14O3. The van der Waals surface area contributed by atoms with Crippen LogP contribution in [0.4, 0.5) is 0 Å². The molecule has 1 N–H and O–H groups in total. The van der Waals surface area contributed by atoms with Gasteiger partial charge in [0.1, 0.15) is 5.75 Å². The Hall–Kier alpha value is -2.03. The van der Waals surface area contributed by atoms with Crippen LogP contribution in [0.15, 0.2) is 30.4 Å². The molecular weight excluding hydrogens is 204 g/mol. The van der Waals surface area contributed by atoms with Crippen molar-refractivity contribution in [2.24, 2.45) is 0 Å². The van der Waals surface area contributed by atoms with Crippen LogP contribution >= 0.6 is 0 Å². The summed E-state index contributed by atoms with van der Waals surface area (Å²) in [5.41, 5.74) is 1.88. The van der Waals surface area contributed by atoms with Crippen molar-refractivity contribution in [3.05, 3.63) is 41.5 Å². The molecule has 0 aromatic heterocycles. The van der Waals surface area contributed by atoms with Crippen molar-refractivity contribution in [1.82, 2.24) is 0 Å². The number of ether oxygens (including phenoxy) is 1. The molecule has 0 saturated carbocycles. The quantitative estimate of drug-likeness (QED) is 0.626. The molecule has 1 aromatic rings. The fourth-order valence-electron chi connectivity index (χ4n) is 1.27. The van der Waals surface area contributed by atoms with Crippen LogP contribution in [0.5, 0.6) is 5.75 Å². The Morgan fingerprint density at radius 3 is 2.75 bits per heavy atom. The minimum atomic E-state index is -0.414. The van der Waals surface area contributed by atoms with Gasteiger partial charge in [0.25, 0.3) is 0 Å². The summed E-state index contributed by atoms with van der Waals surface area (Å²) in [4.78, 5) is 11.2. The Balaban J connectivity index is 3.13. The van der Waals surface area contributed by atoms with E-state index < -0.39 is 5.97 Å². The number of hydrogen-bond acceptors (Lipinski definition) is 3. The Bertz CT molecular complexity index is 444. The second-order valence-electron chi connectivity index (χ2n) is 3.34. The van der Waals surface area contributed by atoms with E-state index >= 15 is 0 Å². The third kappa shape index (κ3) is 2.73. The summed E-state index contributed by atoms with van der Waals surface area (Å²) < 4.78 is 4.57. The van der Waals surface area contributed by atoms with E-state index in [1.54, 1.807) is 37.3 Å². The summed E-state index contributed by atoms with van der Waals surface area (Å²) in [7, 11) is 1.32. The van der Waals surface area contributed by atoms with E-state index in [1.807, 2.05) is 0 Å². The maximum atomic E-state index is 11.2. The normalized spacial score (nSPS) is 11.0. The molecule has 3 heteroatoms. The van der Waals surface area contributed by atoms with Crippen molar-refractivity contribution in [2.45, 2.75) is 6.92 Å². The van der Waals surface area contributed by atoms with Gasteiger partial charge >= 0.3 is 5.97 Å². The molecule has 1 aromatic carbocycles. The van der Waals surface area contributed by atoms with Crippen molar-refractivity contribution >= 4 is 18.1 Å². The Morgan fingerprint density at radius 2 is 2.19 bits per heavy atom. The smallest absolute Gasteiger partial charge is 0.333 e. The highest BCUT2D eigenvalue weighted by Gasteiger charge is 2.05. The van der Waals surface area contributed by atoms with E-state index in [9.17, 15) is 9.90 Å². The maximum Gasteiger partial charge on any atom is 0.333 e. The van der Waals surface area contributed by atoms with Gasteiger partial charge in [0.05, 0.1) is 7.11 Å². The van der Waals surface area contributed by atoms with Crippen molar-refractivity contribution in [3.63, 3.8) is 0 Å². The monoisotopic (exact) mass is 218 g/mol. The molecule has 0 aliphatic heterocycles. The summed E-state index contributed by atoms with van der Waals surface area (Å²) in [5, 5.41) is 9.60. The molecule has 84 valence electrons. The van der Waals surface area contributed by atoms with Gasteiger partial charge in [-0.05, 0) is 30.7 Å². The Labute approximate surface area is 94.7 Å². The zero-order chi connectivity index (χ0) is 12.1. The third-order valence-electron chi connectivity index (χ3n) is 2.17. The van der Waals surface area contributed by atoms with Crippen molar-refractivity contribution < 1.29 is 14.6 Å². The molecule has 3 nitrogen and oxygen atoms in total. The van der Waals surface area contributed by atoms with E-state index in [0.29, 0.717) is 11.1 Å². The molecule has 0 atom stereocenters. The number of benzene rings is 1. The van der Waals surface area contributed by atoms with E-state index in [1.165, 1.54) is 7.11 Å². The van der Waals surface area contributed by atoms with Crippen LogP contribution in [0, 0.1) is 0 Å². The van der Waals surface area contributed by atoms with E-state index in [4.69, 9.17) is 0 Å². The van der Waals surface area contributed by atoms with Gasteiger partial charge in [0.15, 0.2) is 0 Å². The largest absolute Gasteiger partial charge is 0.507 e. The van der Waals surface area contributed by atoms with Crippen LogP contribution in [0.25, 0.3) is 12.2 Å². The summed E-state index contributed by atoms with van der Waals surface area (Å²) in [5.74, 6) is -0.294. The van der Waals surface area contributed by atoms with Gasteiger partial charge in [0, 0.05) is 11.1 Å². The summed E-state index contributed by atoms with van der Waals surface area (Å²) in [6.07, 6.45) is 3.25. The molecule has 0 spiro atoms. The van der Waals surface area contributed by atoms with Crippen molar-refractivity contribution in [2.75, 3.05) is 7.11 Å². The van der Waals surface area contributed by atoms with Gasteiger partial charge in [0.2, 0.25) is 0 Å². The molecule has 0 bridgehead atoms. The first-order valence-electron chi connectivity index (χ1n) is 4.80. The lowest BCUT2D eigenvalue weighted by molar-refractivity contribution is -0.135. The zero-order valence-electron chi connectivity index (χ0n) is 9.36. The van der Waals surface area contributed by atoms with Crippen LogP contribution < -0.4 is 0 Å². The van der Waals surface area contributed by atoms with E-state index in [2.05, 4.69) is 11.3 Å². The highest BCUT2D eigenvalue weighted by molar-refractivity contribution is 5.93. The number of rotatable bonds is 3. The third-order valence-corrected chi connectivity index (χ3v) is 2.17. The van der Waals surface area contributed by atoms with Gasteiger partial charge in [-0.25, -0.2) is 4.79 Å². The number of esters is 1. The first-order valence-corrected chi connectivity index (χ1v) is 4.80. The molecule has 0 amide bonds. The van der Waals surface area contributed by atoms with Crippen molar-refractivity contribution in [3.8, 4) is 5.75 Å². The number of phenols is 1. The van der Waals surface area contributed by atoms with Crippen LogP contribution in [-0.4, -0.2) is 18.2 Å². The maximum absolute atomic E-state index is 11.2. The van der Waals surface area contributed by atoms with Gasteiger partial charge in [-0.1, -0.05) is 18.7 Å². The number of carbonyl (C=O) groups is 1. The molecule has 0 fully saturated rings. The number of phenolic OH excluding ortho intramolecular Hbond substituents is 1. The predicted molar refractivity (Wildman–Crippen MR) is 63.9 cm³/mol. The molecule has 0 aliphatic rings. The fraction of sp³-hybridized carbons (Fsp3) is 0.154. The minimum Gasteiger partial charge on any atom is -0.507 e. The highest BCUT2D eigenvalue weighted by Crippen LogP contribution is 2.22. The lowest BCUT2D eigenvalue weighted by Gasteiger charge is -2.03. The molecule has 0 heterocycles. The topological polar surface area (TPSA) is 46.5 Å². The number of aromatic hydroxyl groups is 1. The minimum absolute atomic E-state index is 0.119. The molecule has 0 radical (unpaired) electrons. The highest BCUT2D eigenvalue weighted by atomic mass is 16.5. The Morgan fingerprint density at radius 1 is 1.50 bits per heavy atom. The second kappa shape index (κ2) is 5.16. The fourth-order valence-corrected chi connectivity index (χ4v) is 1.27. The van der Waals surface area contributed by atoms with E-state index in [0.717, 1.165) is 5.56 Å². The predicted octanol–water partition coefficient (Wildman–Crippen LogP) is 2.61. The number of hydrogen-bond donors (Lipinski definition) is 1. The van der Waals surface area contributed by atoms with Crippen LogP contribution in [0.3, 0.4) is 0 Å². The second-order valence-corrected chi connectivity index (χ2v) is 3.34. The molecule has 0 unspecified atom stereocenters. The number of methoxy groups -OCH3 is 1.